The first kappa shape index (κ1) is 23.1. The number of nitrogens with zero attached hydrogens (tertiary/aromatic N) is 5. The van der Waals surface area contributed by atoms with Crippen molar-refractivity contribution >= 4 is 11.7 Å². The molecule has 0 fully saturated rings. The maximum atomic E-state index is 14.5. The van der Waals surface area contributed by atoms with Gasteiger partial charge in [0.05, 0.1) is 18.0 Å². The number of alkyl halides is 3. The van der Waals surface area contributed by atoms with Crippen LogP contribution in [0.25, 0.3) is 5.69 Å². The molecule has 0 saturated carbocycles. The van der Waals surface area contributed by atoms with Crippen molar-refractivity contribution in [2.45, 2.75) is 26.1 Å². The molecule has 0 bridgehead atoms. The van der Waals surface area contributed by atoms with Crippen molar-refractivity contribution in [2.24, 2.45) is 0 Å². The van der Waals surface area contributed by atoms with Gasteiger partial charge in [-0.15, -0.1) is 4.80 Å². The highest BCUT2D eigenvalue weighted by molar-refractivity contribution is 5.98. The highest BCUT2D eigenvalue weighted by atomic mass is 19.4. The van der Waals surface area contributed by atoms with Gasteiger partial charge in [0.2, 0.25) is 0 Å². The van der Waals surface area contributed by atoms with Crippen LogP contribution in [-0.2, 0) is 6.18 Å². The number of rotatable bonds is 7. The van der Waals surface area contributed by atoms with Gasteiger partial charge in [-0.1, -0.05) is 6.07 Å². The molecule has 0 saturated heterocycles. The Morgan fingerprint density at radius 3 is 2.44 bits per heavy atom. The largest absolute Gasteiger partial charge is 0.436 e. The van der Waals surface area contributed by atoms with Crippen LogP contribution >= 0.6 is 0 Å². The van der Waals surface area contributed by atoms with E-state index in [4.69, 9.17) is 0 Å². The minimum atomic E-state index is -4.94. The third-order valence-electron chi connectivity index (χ3n) is 4.66. The predicted molar refractivity (Wildman–Crippen MR) is 105 cm³/mol. The van der Waals surface area contributed by atoms with Crippen molar-refractivity contribution in [1.82, 2.24) is 24.9 Å². The molecule has 3 aromatic rings. The van der Waals surface area contributed by atoms with Crippen LogP contribution in [0.3, 0.4) is 0 Å². The van der Waals surface area contributed by atoms with Crippen LogP contribution in [0.2, 0.25) is 0 Å². The molecule has 1 unspecified atom stereocenters. The van der Waals surface area contributed by atoms with E-state index in [2.05, 4.69) is 20.5 Å². The normalized spacial score (nSPS) is 12.5. The maximum Gasteiger partial charge on any atom is 0.436 e. The van der Waals surface area contributed by atoms with Gasteiger partial charge in [-0.3, -0.25) is 4.79 Å². The summed E-state index contributed by atoms with van der Waals surface area (Å²) in [6.45, 7) is 3.61. The SMILES string of the molecule is CCN(C(=O)c1cccc(F)c1-n1nccn1)C(C)CNc1ccc(F)c(C(F)(F)F)n1. The number of anilines is 1. The zero-order chi connectivity index (χ0) is 23.5. The standard InChI is InChI=1S/C20H19F5N6O/c1-3-30(12(2)11-26-16-8-7-15(22)18(29-16)20(23,24)25)19(32)13-5-4-6-14(21)17(13)31-27-9-10-28-31/h4-10,12H,3,11H2,1-2H3,(H,26,29). The first-order chi connectivity index (χ1) is 15.1. The zero-order valence-corrected chi connectivity index (χ0v) is 17.1. The van der Waals surface area contributed by atoms with Gasteiger partial charge in [0.15, 0.2) is 17.3 Å². The Labute approximate surface area is 179 Å². The summed E-state index contributed by atoms with van der Waals surface area (Å²) >= 11 is 0. The smallest absolute Gasteiger partial charge is 0.368 e. The summed E-state index contributed by atoms with van der Waals surface area (Å²) < 4.78 is 66.5. The number of hydrogen-bond donors (Lipinski definition) is 1. The molecule has 0 aliphatic rings. The van der Waals surface area contributed by atoms with E-state index in [-0.39, 0.29) is 30.2 Å². The van der Waals surface area contributed by atoms with Crippen molar-refractivity contribution in [3.63, 3.8) is 0 Å². The second-order valence-corrected chi connectivity index (χ2v) is 6.80. The molecule has 1 aromatic carbocycles. The number of pyridine rings is 1. The number of carbonyl (C=O) groups is 1. The topological polar surface area (TPSA) is 75.9 Å². The average molecular weight is 454 g/mol. The molecular formula is C20H19F5N6O. The van der Waals surface area contributed by atoms with Gasteiger partial charge in [0.25, 0.3) is 5.91 Å². The van der Waals surface area contributed by atoms with Gasteiger partial charge in [0.1, 0.15) is 11.5 Å². The zero-order valence-electron chi connectivity index (χ0n) is 17.1. The Kier molecular flexibility index (Phi) is 6.70. The Morgan fingerprint density at radius 2 is 1.81 bits per heavy atom. The third kappa shape index (κ3) is 4.84. The molecule has 32 heavy (non-hydrogen) atoms. The molecule has 2 heterocycles. The number of benzene rings is 1. The van der Waals surface area contributed by atoms with Crippen molar-refractivity contribution in [3.8, 4) is 5.69 Å². The van der Waals surface area contributed by atoms with Gasteiger partial charge in [-0.05, 0) is 38.1 Å². The summed E-state index contributed by atoms with van der Waals surface area (Å²) in [5.41, 5.74) is -1.72. The van der Waals surface area contributed by atoms with Crippen LogP contribution in [0.5, 0.6) is 0 Å². The Bertz CT molecular complexity index is 1090. The molecule has 3 rings (SSSR count). The minimum absolute atomic E-state index is 0.0141. The molecule has 2 aromatic heterocycles. The molecule has 0 radical (unpaired) electrons. The van der Waals surface area contributed by atoms with E-state index >= 15 is 0 Å². The van der Waals surface area contributed by atoms with E-state index in [0.29, 0.717) is 6.07 Å². The quantitative estimate of drug-likeness (QED) is 0.548. The number of carbonyl (C=O) groups excluding carboxylic acids is 1. The van der Waals surface area contributed by atoms with E-state index < -0.39 is 35.5 Å². The fourth-order valence-electron chi connectivity index (χ4n) is 3.13. The van der Waals surface area contributed by atoms with Gasteiger partial charge in [0, 0.05) is 19.1 Å². The van der Waals surface area contributed by atoms with Gasteiger partial charge < -0.3 is 10.2 Å². The highest BCUT2D eigenvalue weighted by Gasteiger charge is 2.36. The lowest BCUT2D eigenvalue weighted by atomic mass is 10.1. The number of hydrogen-bond acceptors (Lipinski definition) is 5. The van der Waals surface area contributed by atoms with Gasteiger partial charge in [-0.25, -0.2) is 13.8 Å². The van der Waals surface area contributed by atoms with Crippen LogP contribution in [0.1, 0.15) is 29.9 Å². The second-order valence-electron chi connectivity index (χ2n) is 6.80. The molecular weight excluding hydrogens is 435 g/mol. The highest BCUT2D eigenvalue weighted by Crippen LogP contribution is 2.30. The molecule has 1 atom stereocenters. The molecule has 170 valence electrons. The molecule has 7 nitrogen and oxygen atoms in total. The summed E-state index contributed by atoms with van der Waals surface area (Å²) in [6, 6.07) is 5.20. The number of halogens is 5. The minimum Gasteiger partial charge on any atom is -0.368 e. The van der Waals surface area contributed by atoms with E-state index in [1.165, 1.54) is 35.5 Å². The summed E-state index contributed by atoms with van der Waals surface area (Å²) in [4.78, 5) is 18.9. The lowest BCUT2D eigenvalue weighted by molar-refractivity contribution is -0.143. The Balaban J connectivity index is 1.80. The lowest BCUT2D eigenvalue weighted by Gasteiger charge is -2.29. The molecule has 1 amide bonds. The van der Waals surface area contributed by atoms with Crippen LogP contribution in [-0.4, -0.2) is 49.9 Å². The summed E-state index contributed by atoms with van der Waals surface area (Å²) in [5, 5.41) is 10.4. The van der Waals surface area contributed by atoms with Crippen molar-refractivity contribution < 1.29 is 26.7 Å². The number of para-hydroxylation sites is 1. The van der Waals surface area contributed by atoms with Crippen molar-refractivity contribution in [3.05, 3.63) is 65.6 Å². The maximum absolute atomic E-state index is 14.5. The first-order valence-corrected chi connectivity index (χ1v) is 9.57. The van der Waals surface area contributed by atoms with Crippen LogP contribution in [0, 0.1) is 11.6 Å². The fraction of sp³-hybridized carbons (Fsp3) is 0.300. The molecule has 0 aliphatic heterocycles. The van der Waals surface area contributed by atoms with Crippen LogP contribution in [0.4, 0.5) is 27.8 Å². The second kappa shape index (κ2) is 9.28. The molecule has 0 aliphatic carbocycles. The van der Waals surface area contributed by atoms with Crippen molar-refractivity contribution in [2.75, 3.05) is 18.4 Å². The molecule has 12 heteroatoms. The van der Waals surface area contributed by atoms with E-state index in [1.54, 1.807) is 13.8 Å². The van der Waals surface area contributed by atoms with E-state index in [1.807, 2.05) is 0 Å². The van der Waals surface area contributed by atoms with Crippen LogP contribution < -0.4 is 5.32 Å². The third-order valence-corrected chi connectivity index (χ3v) is 4.66. The monoisotopic (exact) mass is 454 g/mol. The van der Waals surface area contributed by atoms with Gasteiger partial charge >= 0.3 is 6.18 Å². The van der Waals surface area contributed by atoms with Crippen LogP contribution in [0.15, 0.2) is 42.7 Å². The summed E-state index contributed by atoms with van der Waals surface area (Å²) in [5.74, 6) is -2.88. The summed E-state index contributed by atoms with van der Waals surface area (Å²) in [7, 11) is 0. The first-order valence-electron chi connectivity index (χ1n) is 9.57. The predicted octanol–water partition coefficient (Wildman–Crippen LogP) is 3.92. The lowest BCUT2D eigenvalue weighted by Crippen LogP contribution is -2.42. The van der Waals surface area contributed by atoms with E-state index in [0.717, 1.165) is 10.9 Å². The van der Waals surface area contributed by atoms with Gasteiger partial charge in [-0.2, -0.15) is 23.4 Å². The Morgan fingerprint density at radius 1 is 1.12 bits per heavy atom. The fourth-order valence-corrected chi connectivity index (χ4v) is 3.13. The van der Waals surface area contributed by atoms with Crippen molar-refractivity contribution in [1.29, 1.82) is 0 Å². The Hall–Kier alpha value is -3.57. The number of likely N-dealkylation sites (N-methyl/N-ethyl adjacent to an activating group) is 1. The molecule has 0 spiro atoms. The number of aromatic nitrogens is 4. The molecule has 1 N–H and O–H groups in total. The summed E-state index contributed by atoms with van der Waals surface area (Å²) in [6.07, 6.45) is -2.25. The number of nitrogens with one attached hydrogen (secondary N) is 1. The average Bonchev–Trinajstić information content (AvgIpc) is 3.27. The number of amides is 1. The van der Waals surface area contributed by atoms with E-state index in [9.17, 15) is 26.7 Å².